The van der Waals surface area contributed by atoms with Crippen LogP contribution in [0.2, 0.25) is 0 Å². The van der Waals surface area contributed by atoms with Crippen LogP contribution in [0.15, 0.2) is 42.5 Å². The number of nitrogens with one attached hydrogen (secondary N) is 1. The largest absolute Gasteiger partial charge is 0.491 e. The molecule has 1 amide bonds. The summed E-state index contributed by atoms with van der Waals surface area (Å²) in [6.45, 7) is 8.87. The van der Waals surface area contributed by atoms with Crippen molar-refractivity contribution >= 4 is 5.91 Å². The van der Waals surface area contributed by atoms with Gasteiger partial charge < -0.3 is 14.8 Å². The van der Waals surface area contributed by atoms with Gasteiger partial charge in [-0.25, -0.2) is 0 Å². The number of carbonyl (C=O) groups excluding carboxylic acids is 1. The zero-order valence-electron chi connectivity index (χ0n) is 15.5. The van der Waals surface area contributed by atoms with E-state index >= 15 is 0 Å². The molecule has 4 nitrogen and oxygen atoms in total. The number of carbonyl (C=O) groups is 1. The van der Waals surface area contributed by atoms with Crippen LogP contribution < -0.4 is 14.8 Å². The third-order valence-corrected chi connectivity index (χ3v) is 3.97. The van der Waals surface area contributed by atoms with E-state index in [9.17, 15) is 4.79 Å². The molecule has 0 bridgehead atoms. The van der Waals surface area contributed by atoms with Crippen LogP contribution in [0.5, 0.6) is 11.5 Å². The summed E-state index contributed by atoms with van der Waals surface area (Å²) in [6, 6.07) is 13.8. The second-order valence-corrected chi connectivity index (χ2v) is 6.24. The van der Waals surface area contributed by atoms with E-state index in [1.54, 1.807) is 0 Å². The van der Waals surface area contributed by atoms with Gasteiger partial charge in [-0.15, -0.1) is 0 Å². The molecule has 25 heavy (non-hydrogen) atoms. The number of hydrogen-bond donors (Lipinski definition) is 1. The second-order valence-electron chi connectivity index (χ2n) is 6.24. The van der Waals surface area contributed by atoms with E-state index in [0.717, 1.165) is 22.4 Å². The zero-order chi connectivity index (χ0) is 18.2. The van der Waals surface area contributed by atoms with Crippen LogP contribution in [0.25, 0.3) is 0 Å². The van der Waals surface area contributed by atoms with E-state index in [1.165, 1.54) is 0 Å². The summed E-state index contributed by atoms with van der Waals surface area (Å²) in [7, 11) is 0. The first-order chi connectivity index (χ1) is 12.0. The topological polar surface area (TPSA) is 47.6 Å². The van der Waals surface area contributed by atoms with E-state index in [1.807, 2.05) is 64.1 Å². The van der Waals surface area contributed by atoms with Crippen molar-refractivity contribution in [2.75, 3.05) is 13.2 Å². The minimum atomic E-state index is -0.497. The molecule has 0 saturated carbocycles. The van der Waals surface area contributed by atoms with Gasteiger partial charge >= 0.3 is 0 Å². The Kier molecular flexibility index (Phi) is 6.87. The van der Waals surface area contributed by atoms with Gasteiger partial charge in [-0.05, 0) is 56.5 Å². The molecule has 2 aromatic carbocycles. The SMILES string of the molecule is CC[C@@H](Oc1ccc(C)cc1)C(=O)NCCOc1cc(C)ccc1C. The molecule has 0 aliphatic carbocycles. The first kappa shape index (κ1) is 18.8. The molecule has 1 atom stereocenters. The van der Waals surface area contributed by atoms with Crippen molar-refractivity contribution in [1.29, 1.82) is 0 Å². The van der Waals surface area contributed by atoms with Crippen LogP contribution in [-0.2, 0) is 4.79 Å². The molecule has 134 valence electrons. The Balaban J connectivity index is 1.79. The van der Waals surface area contributed by atoms with Gasteiger partial charge in [0.15, 0.2) is 6.10 Å². The van der Waals surface area contributed by atoms with Crippen molar-refractivity contribution < 1.29 is 14.3 Å². The van der Waals surface area contributed by atoms with Crippen molar-refractivity contribution in [3.63, 3.8) is 0 Å². The number of rotatable bonds is 8. The Labute approximate surface area is 150 Å². The number of aryl methyl sites for hydroxylation is 3. The average molecular weight is 341 g/mol. The lowest BCUT2D eigenvalue weighted by Crippen LogP contribution is -2.39. The monoisotopic (exact) mass is 341 g/mol. The summed E-state index contributed by atoms with van der Waals surface area (Å²) >= 11 is 0. The standard InChI is InChI=1S/C21H27NO3/c1-5-19(25-18-10-7-15(2)8-11-18)21(23)22-12-13-24-20-14-16(3)6-9-17(20)4/h6-11,14,19H,5,12-13H2,1-4H3,(H,22,23)/t19-/m1/s1. The van der Waals surface area contributed by atoms with Crippen LogP contribution in [0, 0.1) is 20.8 Å². The van der Waals surface area contributed by atoms with Gasteiger partial charge in [0.1, 0.15) is 18.1 Å². The molecule has 1 N–H and O–H groups in total. The van der Waals surface area contributed by atoms with Crippen molar-refractivity contribution in [3.05, 3.63) is 59.2 Å². The lowest BCUT2D eigenvalue weighted by Gasteiger charge is -2.17. The van der Waals surface area contributed by atoms with E-state index in [0.29, 0.717) is 25.3 Å². The highest BCUT2D eigenvalue weighted by Gasteiger charge is 2.17. The first-order valence-electron chi connectivity index (χ1n) is 8.70. The number of hydrogen-bond acceptors (Lipinski definition) is 3. The second kappa shape index (κ2) is 9.11. The fourth-order valence-corrected chi connectivity index (χ4v) is 2.42. The van der Waals surface area contributed by atoms with Gasteiger partial charge in [-0.1, -0.05) is 36.8 Å². The van der Waals surface area contributed by atoms with Crippen molar-refractivity contribution in [1.82, 2.24) is 5.32 Å². The van der Waals surface area contributed by atoms with Gasteiger partial charge in [-0.3, -0.25) is 4.79 Å². The molecule has 4 heteroatoms. The van der Waals surface area contributed by atoms with Crippen LogP contribution in [0.3, 0.4) is 0 Å². The summed E-state index contributed by atoms with van der Waals surface area (Å²) in [5.74, 6) is 1.45. The highest BCUT2D eigenvalue weighted by atomic mass is 16.5. The third-order valence-electron chi connectivity index (χ3n) is 3.97. The maximum Gasteiger partial charge on any atom is 0.261 e. The smallest absolute Gasteiger partial charge is 0.261 e. The summed E-state index contributed by atoms with van der Waals surface area (Å²) in [5, 5.41) is 2.88. The molecule has 0 spiro atoms. The fourth-order valence-electron chi connectivity index (χ4n) is 2.42. The maximum absolute atomic E-state index is 12.3. The Morgan fingerprint density at radius 1 is 1.04 bits per heavy atom. The quantitative estimate of drug-likeness (QED) is 0.739. The van der Waals surface area contributed by atoms with Crippen LogP contribution in [0.1, 0.15) is 30.0 Å². The van der Waals surface area contributed by atoms with Gasteiger partial charge in [0.25, 0.3) is 5.91 Å². The molecule has 2 rings (SSSR count). The summed E-state index contributed by atoms with van der Waals surface area (Å²) in [5.41, 5.74) is 3.40. The van der Waals surface area contributed by atoms with Crippen molar-refractivity contribution in [2.45, 2.75) is 40.2 Å². The van der Waals surface area contributed by atoms with E-state index in [-0.39, 0.29) is 5.91 Å². The van der Waals surface area contributed by atoms with E-state index < -0.39 is 6.10 Å². The molecular formula is C21H27NO3. The third kappa shape index (κ3) is 5.82. The average Bonchev–Trinajstić information content (AvgIpc) is 2.60. The molecule has 0 fully saturated rings. The highest BCUT2D eigenvalue weighted by Crippen LogP contribution is 2.19. The minimum absolute atomic E-state index is 0.118. The summed E-state index contributed by atoms with van der Waals surface area (Å²) < 4.78 is 11.5. The Bertz CT molecular complexity index is 695. The van der Waals surface area contributed by atoms with E-state index in [4.69, 9.17) is 9.47 Å². The number of benzene rings is 2. The Morgan fingerprint density at radius 2 is 1.72 bits per heavy atom. The number of amides is 1. The van der Waals surface area contributed by atoms with Crippen LogP contribution >= 0.6 is 0 Å². The molecule has 0 aliphatic rings. The molecule has 0 aliphatic heterocycles. The Morgan fingerprint density at radius 3 is 2.40 bits per heavy atom. The lowest BCUT2D eigenvalue weighted by molar-refractivity contribution is -0.128. The molecule has 0 unspecified atom stereocenters. The van der Waals surface area contributed by atoms with Crippen LogP contribution in [-0.4, -0.2) is 25.2 Å². The molecular weight excluding hydrogens is 314 g/mol. The van der Waals surface area contributed by atoms with Crippen molar-refractivity contribution in [2.24, 2.45) is 0 Å². The van der Waals surface area contributed by atoms with Gasteiger partial charge in [0, 0.05) is 0 Å². The van der Waals surface area contributed by atoms with Crippen molar-refractivity contribution in [3.8, 4) is 11.5 Å². The maximum atomic E-state index is 12.3. The fraction of sp³-hybridized carbons (Fsp3) is 0.381. The van der Waals surface area contributed by atoms with E-state index in [2.05, 4.69) is 11.4 Å². The zero-order valence-corrected chi connectivity index (χ0v) is 15.5. The lowest BCUT2D eigenvalue weighted by atomic mass is 10.1. The molecule has 0 radical (unpaired) electrons. The van der Waals surface area contributed by atoms with Gasteiger partial charge in [0.05, 0.1) is 6.54 Å². The molecule has 2 aromatic rings. The van der Waals surface area contributed by atoms with Gasteiger partial charge in [0.2, 0.25) is 0 Å². The summed E-state index contributed by atoms with van der Waals surface area (Å²) in [6.07, 6.45) is 0.112. The highest BCUT2D eigenvalue weighted by molar-refractivity contribution is 5.81. The number of ether oxygens (including phenoxy) is 2. The summed E-state index contributed by atoms with van der Waals surface area (Å²) in [4.78, 5) is 12.3. The Hall–Kier alpha value is -2.49. The van der Waals surface area contributed by atoms with Gasteiger partial charge in [-0.2, -0.15) is 0 Å². The van der Waals surface area contributed by atoms with Crippen LogP contribution in [0.4, 0.5) is 0 Å². The predicted octanol–water partition coefficient (Wildman–Crippen LogP) is 3.96. The predicted molar refractivity (Wildman–Crippen MR) is 100 cm³/mol. The first-order valence-corrected chi connectivity index (χ1v) is 8.70. The minimum Gasteiger partial charge on any atom is -0.491 e. The molecule has 0 heterocycles. The molecule has 0 aromatic heterocycles. The molecule has 0 saturated heterocycles. The normalized spacial score (nSPS) is 11.7.